The van der Waals surface area contributed by atoms with Crippen molar-refractivity contribution in [3.8, 4) is 0 Å². The Morgan fingerprint density at radius 2 is 2.38 bits per heavy atom. The van der Waals surface area contributed by atoms with Crippen LogP contribution in [0.25, 0.3) is 11.2 Å². The molecular formula is C14H19N5O4S. The Morgan fingerprint density at radius 3 is 3.00 bits per heavy atom. The number of carbonyl (C=O) groups excluding carboxylic acids is 1. The van der Waals surface area contributed by atoms with Crippen molar-refractivity contribution in [2.45, 2.75) is 38.7 Å². The summed E-state index contributed by atoms with van der Waals surface area (Å²) in [5.74, 6) is -0.0718. The minimum Gasteiger partial charge on any atom is -0.390 e. The minimum absolute atomic E-state index is 0.0530. The molecule has 1 fully saturated rings. The van der Waals surface area contributed by atoms with Crippen LogP contribution in [-0.2, 0) is 9.53 Å². The molecule has 1 saturated heterocycles. The number of ether oxygens (including phenoxy) is 1. The van der Waals surface area contributed by atoms with Crippen molar-refractivity contribution in [2.75, 3.05) is 11.1 Å². The van der Waals surface area contributed by atoms with Crippen molar-refractivity contribution in [3.05, 3.63) is 16.7 Å². The SMILES string of the molecule is CC(C)C(=O)Nc1nc2c(ncn2[C@H]2C[C@H](O)[C@@H](CS)O2)c(=O)[nH]1. The molecule has 0 aliphatic carbocycles. The second-order valence-corrected chi connectivity index (χ2v) is 6.36. The van der Waals surface area contributed by atoms with Crippen molar-refractivity contribution in [1.29, 1.82) is 0 Å². The van der Waals surface area contributed by atoms with Crippen molar-refractivity contribution in [2.24, 2.45) is 5.92 Å². The number of amides is 1. The average Bonchev–Trinajstić information content (AvgIpc) is 3.10. The van der Waals surface area contributed by atoms with E-state index in [0.717, 1.165) is 0 Å². The summed E-state index contributed by atoms with van der Waals surface area (Å²) in [4.78, 5) is 34.8. The number of hydrogen-bond acceptors (Lipinski definition) is 7. The summed E-state index contributed by atoms with van der Waals surface area (Å²) in [6, 6.07) is 0. The van der Waals surface area contributed by atoms with Gasteiger partial charge in [-0.2, -0.15) is 17.6 Å². The van der Waals surface area contributed by atoms with Gasteiger partial charge >= 0.3 is 0 Å². The molecule has 0 saturated carbocycles. The second-order valence-electron chi connectivity index (χ2n) is 6.00. The first kappa shape index (κ1) is 16.9. The number of carbonyl (C=O) groups is 1. The van der Waals surface area contributed by atoms with Gasteiger partial charge in [0.15, 0.2) is 11.2 Å². The summed E-state index contributed by atoms with van der Waals surface area (Å²) in [6.45, 7) is 3.48. The van der Waals surface area contributed by atoms with Crippen molar-refractivity contribution >= 4 is 35.6 Å². The van der Waals surface area contributed by atoms with E-state index in [1.165, 1.54) is 6.33 Å². The topological polar surface area (TPSA) is 122 Å². The van der Waals surface area contributed by atoms with E-state index in [4.69, 9.17) is 4.74 Å². The molecule has 1 aliphatic rings. The van der Waals surface area contributed by atoms with E-state index < -0.39 is 24.0 Å². The van der Waals surface area contributed by atoms with Gasteiger partial charge < -0.3 is 9.84 Å². The number of nitrogens with zero attached hydrogens (tertiary/aromatic N) is 3. The van der Waals surface area contributed by atoms with Crippen LogP contribution in [0.4, 0.5) is 5.95 Å². The van der Waals surface area contributed by atoms with Crippen molar-refractivity contribution < 1.29 is 14.6 Å². The quantitative estimate of drug-likeness (QED) is 0.586. The predicted octanol–water partition coefficient (Wildman–Crippen LogP) is 0.292. The second kappa shape index (κ2) is 6.54. The number of thiol groups is 1. The molecule has 3 N–H and O–H groups in total. The van der Waals surface area contributed by atoms with Crippen LogP contribution >= 0.6 is 12.6 Å². The van der Waals surface area contributed by atoms with Crippen LogP contribution in [0, 0.1) is 5.92 Å². The molecule has 130 valence electrons. The van der Waals surface area contributed by atoms with Gasteiger partial charge in [-0.15, -0.1) is 0 Å². The lowest BCUT2D eigenvalue weighted by Crippen LogP contribution is -2.22. The van der Waals surface area contributed by atoms with Crippen LogP contribution in [0.1, 0.15) is 26.5 Å². The maximum Gasteiger partial charge on any atom is 0.280 e. The van der Waals surface area contributed by atoms with Crippen LogP contribution in [0.3, 0.4) is 0 Å². The summed E-state index contributed by atoms with van der Waals surface area (Å²) in [5, 5.41) is 12.5. The van der Waals surface area contributed by atoms with Gasteiger partial charge in [-0.05, 0) is 0 Å². The fraction of sp³-hybridized carbons (Fsp3) is 0.571. The third-order valence-electron chi connectivity index (χ3n) is 3.89. The number of nitrogens with one attached hydrogen (secondary N) is 2. The Bertz CT molecular complexity index is 817. The van der Waals surface area contributed by atoms with E-state index in [9.17, 15) is 14.7 Å². The highest BCUT2D eigenvalue weighted by Gasteiger charge is 2.35. The number of aromatic amines is 1. The Balaban J connectivity index is 1.97. The number of rotatable bonds is 4. The summed E-state index contributed by atoms with van der Waals surface area (Å²) in [5.41, 5.74) is -0.0260. The van der Waals surface area contributed by atoms with E-state index in [2.05, 4.69) is 32.9 Å². The standard InChI is InChI=1S/C14H19N5O4S/c1-6(2)12(21)17-14-16-11-10(13(22)18-14)15-5-19(11)9-3-7(20)8(4-24)23-9/h5-9,20,24H,3-4H2,1-2H3,(H2,16,17,18,21,22)/t7-,8+,9+/m0/s1. The molecule has 0 radical (unpaired) electrons. The lowest BCUT2D eigenvalue weighted by Gasteiger charge is -2.14. The van der Waals surface area contributed by atoms with Gasteiger partial charge in [-0.1, -0.05) is 13.8 Å². The molecule has 0 bridgehead atoms. The van der Waals surface area contributed by atoms with E-state index in [1.54, 1.807) is 18.4 Å². The van der Waals surface area contributed by atoms with Crippen LogP contribution in [0.5, 0.6) is 0 Å². The van der Waals surface area contributed by atoms with Gasteiger partial charge in [0.2, 0.25) is 11.9 Å². The average molecular weight is 353 g/mol. The molecule has 3 atom stereocenters. The molecule has 0 unspecified atom stereocenters. The summed E-state index contributed by atoms with van der Waals surface area (Å²) >= 11 is 4.15. The molecule has 2 aromatic rings. The Hall–Kier alpha value is -1.91. The molecule has 10 heteroatoms. The molecular weight excluding hydrogens is 334 g/mol. The van der Waals surface area contributed by atoms with E-state index >= 15 is 0 Å². The van der Waals surface area contributed by atoms with Crippen LogP contribution in [0.2, 0.25) is 0 Å². The molecule has 1 amide bonds. The normalized spacial score (nSPS) is 24.0. The smallest absolute Gasteiger partial charge is 0.280 e. The largest absolute Gasteiger partial charge is 0.390 e. The highest BCUT2D eigenvalue weighted by Crippen LogP contribution is 2.30. The Labute approximate surface area is 142 Å². The fourth-order valence-electron chi connectivity index (χ4n) is 2.51. The number of aliphatic hydroxyl groups excluding tert-OH is 1. The zero-order chi connectivity index (χ0) is 17.4. The van der Waals surface area contributed by atoms with Crippen molar-refractivity contribution in [1.82, 2.24) is 19.5 Å². The Morgan fingerprint density at radius 1 is 1.62 bits per heavy atom. The number of aliphatic hydroxyl groups is 1. The summed E-state index contributed by atoms with van der Waals surface area (Å²) < 4.78 is 7.32. The zero-order valence-corrected chi connectivity index (χ0v) is 14.2. The van der Waals surface area contributed by atoms with E-state index in [1.807, 2.05) is 0 Å². The minimum atomic E-state index is -0.646. The number of fused-ring (bicyclic) bond motifs is 1. The van der Waals surface area contributed by atoms with Gasteiger partial charge in [-0.25, -0.2) is 4.98 Å². The van der Waals surface area contributed by atoms with E-state index in [-0.39, 0.29) is 28.9 Å². The Kier molecular flexibility index (Phi) is 4.61. The molecule has 0 spiro atoms. The van der Waals surface area contributed by atoms with Gasteiger partial charge in [0, 0.05) is 18.1 Å². The zero-order valence-electron chi connectivity index (χ0n) is 13.3. The number of hydrogen-bond donors (Lipinski definition) is 4. The molecule has 9 nitrogen and oxygen atoms in total. The van der Waals surface area contributed by atoms with Crippen LogP contribution < -0.4 is 10.9 Å². The number of imidazole rings is 1. The van der Waals surface area contributed by atoms with Crippen LogP contribution in [-0.4, -0.2) is 48.5 Å². The summed E-state index contributed by atoms with van der Waals surface area (Å²) in [6.07, 6.45) is 0.257. The lowest BCUT2D eigenvalue weighted by molar-refractivity contribution is -0.118. The monoisotopic (exact) mass is 353 g/mol. The maximum absolute atomic E-state index is 12.1. The predicted molar refractivity (Wildman–Crippen MR) is 90.0 cm³/mol. The first-order valence-electron chi connectivity index (χ1n) is 7.62. The molecule has 1 aliphatic heterocycles. The first-order chi connectivity index (χ1) is 11.4. The third kappa shape index (κ3) is 3.04. The van der Waals surface area contributed by atoms with Gasteiger partial charge in [-0.3, -0.25) is 24.5 Å². The molecule has 0 aromatic carbocycles. The third-order valence-corrected chi connectivity index (χ3v) is 4.25. The molecule has 3 rings (SSSR count). The number of aromatic nitrogens is 4. The molecule has 24 heavy (non-hydrogen) atoms. The summed E-state index contributed by atoms with van der Waals surface area (Å²) in [7, 11) is 0. The van der Waals surface area contributed by atoms with Gasteiger partial charge in [0.1, 0.15) is 6.23 Å². The number of anilines is 1. The molecule has 3 heterocycles. The van der Waals surface area contributed by atoms with Gasteiger partial charge in [0.25, 0.3) is 5.56 Å². The van der Waals surface area contributed by atoms with Crippen molar-refractivity contribution in [3.63, 3.8) is 0 Å². The highest BCUT2D eigenvalue weighted by atomic mass is 32.1. The lowest BCUT2D eigenvalue weighted by atomic mass is 10.2. The molecule has 2 aromatic heterocycles. The van der Waals surface area contributed by atoms with E-state index in [0.29, 0.717) is 12.2 Å². The number of H-pyrrole nitrogens is 1. The highest BCUT2D eigenvalue weighted by molar-refractivity contribution is 7.80. The first-order valence-corrected chi connectivity index (χ1v) is 8.26. The van der Waals surface area contributed by atoms with Gasteiger partial charge in [0.05, 0.1) is 18.5 Å². The van der Waals surface area contributed by atoms with Crippen LogP contribution in [0.15, 0.2) is 11.1 Å². The fourth-order valence-corrected chi connectivity index (χ4v) is 2.84. The maximum atomic E-state index is 12.1.